The van der Waals surface area contributed by atoms with Gasteiger partial charge >= 0.3 is 0 Å². The molecule has 3 rings (SSSR count). The van der Waals surface area contributed by atoms with Crippen molar-refractivity contribution in [2.75, 3.05) is 25.1 Å². The summed E-state index contributed by atoms with van der Waals surface area (Å²) in [6.07, 6.45) is 1.79. The molecule has 22 heavy (non-hydrogen) atoms. The summed E-state index contributed by atoms with van der Waals surface area (Å²) in [5, 5.41) is 5.26. The quantitative estimate of drug-likeness (QED) is 0.925. The lowest BCUT2D eigenvalue weighted by Crippen LogP contribution is -2.48. The van der Waals surface area contributed by atoms with Crippen LogP contribution in [0.2, 0.25) is 5.02 Å². The van der Waals surface area contributed by atoms with Gasteiger partial charge in [-0.3, -0.25) is 4.98 Å². The number of fused-ring (bicyclic) bond motifs is 1. The zero-order valence-corrected chi connectivity index (χ0v) is 13.9. The number of aromatic nitrogens is 1. The van der Waals surface area contributed by atoms with E-state index in [1.807, 2.05) is 38.1 Å². The minimum absolute atomic E-state index is 0.0580. The Bertz CT molecular complexity index is 677. The zero-order chi connectivity index (χ0) is 15.8. The number of rotatable bonds is 3. The fourth-order valence-corrected chi connectivity index (χ4v) is 2.63. The highest BCUT2D eigenvalue weighted by atomic mass is 35.5. The van der Waals surface area contributed by atoms with Crippen molar-refractivity contribution in [2.45, 2.75) is 26.6 Å². The number of anilines is 1. The van der Waals surface area contributed by atoms with E-state index in [2.05, 4.69) is 17.2 Å². The van der Waals surface area contributed by atoms with E-state index in [1.165, 1.54) is 0 Å². The standard InChI is InChI=1S/C17H21ClN2O2/c1-16(2)21-10-17(3,11-22-16)9-20-14-6-7-19-15-8-12(18)4-5-13(14)15/h4-8H,9-11H2,1-3H3,(H,19,20). The van der Waals surface area contributed by atoms with Crippen LogP contribution in [0.4, 0.5) is 5.69 Å². The fourth-order valence-electron chi connectivity index (χ4n) is 2.47. The average molecular weight is 321 g/mol. The molecule has 0 radical (unpaired) electrons. The summed E-state index contributed by atoms with van der Waals surface area (Å²) < 4.78 is 11.6. The monoisotopic (exact) mass is 320 g/mol. The van der Waals surface area contributed by atoms with Crippen LogP contribution >= 0.6 is 11.6 Å². The van der Waals surface area contributed by atoms with E-state index in [-0.39, 0.29) is 5.41 Å². The Balaban J connectivity index is 1.74. The van der Waals surface area contributed by atoms with Gasteiger partial charge in [0.05, 0.1) is 18.7 Å². The van der Waals surface area contributed by atoms with Crippen molar-refractivity contribution >= 4 is 28.2 Å². The Morgan fingerprint density at radius 3 is 2.64 bits per heavy atom. The van der Waals surface area contributed by atoms with Crippen LogP contribution in [0, 0.1) is 5.41 Å². The molecule has 0 aliphatic carbocycles. The minimum Gasteiger partial charge on any atom is -0.384 e. The number of nitrogens with zero attached hydrogens (tertiary/aromatic N) is 1. The topological polar surface area (TPSA) is 43.4 Å². The van der Waals surface area contributed by atoms with Crippen molar-refractivity contribution in [1.82, 2.24) is 4.98 Å². The number of pyridine rings is 1. The van der Waals surface area contributed by atoms with Crippen LogP contribution in [0.15, 0.2) is 30.5 Å². The molecular formula is C17H21ClN2O2. The van der Waals surface area contributed by atoms with Crippen molar-refractivity contribution in [1.29, 1.82) is 0 Å². The molecule has 1 saturated heterocycles. The second-order valence-corrected chi connectivity index (χ2v) is 7.10. The molecule has 0 atom stereocenters. The van der Waals surface area contributed by atoms with Crippen LogP contribution in [-0.2, 0) is 9.47 Å². The van der Waals surface area contributed by atoms with Gasteiger partial charge in [0.15, 0.2) is 5.79 Å². The molecule has 0 spiro atoms. The normalized spacial score (nSPS) is 20.0. The Morgan fingerprint density at radius 2 is 1.91 bits per heavy atom. The molecule has 0 bridgehead atoms. The van der Waals surface area contributed by atoms with E-state index >= 15 is 0 Å². The van der Waals surface area contributed by atoms with E-state index in [0.717, 1.165) is 23.1 Å². The molecular weight excluding hydrogens is 300 g/mol. The van der Waals surface area contributed by atoms with E-state index in [1.54, 1.807) is 6.20 Å². The van der Waals surface area contributed by atoms with E-state index < -0.39 is 5.79 Å². The highest BCUT2D eigenvalue weighted by Gasteiger charge is 2.36. The lowest BCUT2D eigenvalue weighted by Gasteiger charge is -2.41. The number of halogens is 1. The molecule has 1 aliphatic rings. The predicted octanol–water partition coefficient (Wildman–Crippen LogP) is 4.09. The summed E-state index contributed by atoms with van der Waals surface area (Å²) in [5.74, 6) is -0.486. The molecule has 1 fully saturated rings. The van der Waals surface area contributed by atoms with Crippen LogP contribution in [0.5, 0.6) is 0 Å². The first-order valence-corrected chi connectivity index (χ1v) is 7.81. The second-order valence-electron chi connectivity index (χ2n) is 6.66. The lowest BCUT2D eigenvalue weighted by molar-refractivity contribution is -0.279. The van der Waals surface area contributed by atoms with Crippen molar-refractivity contribution in [2.24, 2.45) is 5.41 Å². The van der Waals surface area contributed by atoms with Crippen LogP contribution in [0.3, 0.4) is 0 Å². The van der Waals surface area contributed by atoms with Crippen molar-refractivity contribution in [3.8, 4) is 0 Å². The maximum atomic E-state index is 6.03. The number of hydrogen-bond acceptors (Lipinski definition) is 4. The van der Waals surface area contributed by atoms with Crippen molar-refractivity contribution in [3.63, 3.8) is 0 Å². The first kappa shape index (κ1) is 15.5. The Hall–Kier alpha value is -1.36. The van der Waals surface area contributed by atoms with Gasteiger partial charge in [-0.25, -0.2) is 0 Å². The van der Waals surface area contributed by atoms with Crippen molar-refractivity contribution in [3.05, 3.63) is 35.5 Å². The van der Waals surface area contributed by atoms with Gasteiger partial charge in [0.2, 0.25) is 0 Å². The fraction of sp³-hybridized carbons (Fsp3) is 0.471. The van der Waals surface area contributed by atoms with Crippen LogP contribution in [0.1, 0.15) is 20.8 Å². The summed E-state index contributed by atoms with van der Waals surface area (Å²) in [6, 6.07) is 7.73. The van der Waals surface area contributed by atoms with Crippen LogP contribution < -0.4 is 5.32 Å². The number of hydrogen-bond donors (Lipinski definition) is 1. The second kappa shape index (κ2) is 5.69. The molecule has 1 aliphatic heterocycles. The predicted molar refractivity (Wildman–Crippen MR) is 89.3 cm³/mol. The zero-order valence-electron chi connectivity index (χ0n) is 13.1. The van der Waals surface area contributed by atoms with Gasteiger partial charge in [0.25, 0.3) is 0 Å². The lowest BCUT2D eigenvalue weighted by atomic mass is 9.91. The Labute approximate surface area is 135 Å². The highest BCUT2D eigenvalue weighted by Crippen LogP contribution is 2.31. The number of nitrogens with one attached hydrogen (secondary N) is 1. The summed E-state index contributed by atoms with van der Waals surface area (Å²) in [4.78, 5) is 4.36. The molecule has 2 heterocycles. The summed E-state index contributed by atoms with van der Waals surface area (Å²) in [7, 11) is 0. The van der Waals surface area contributed by atoms with E-state index in [9.17, 15) is 0 Å². The third-order valence-corrected chi connectivity index (χ3v) is 4.18. The van der Waals surface area contributed by atoms with Crippen LogP contribution in [-0.4, -0.2) is 30.5 Å². The summed E-state index contributed by atoms with van der Waals surface area (Å²) in [5.41, 5.74) is 1.88. The minimum atomic E-state index is -0.486. The van der Waals surface area contributed by atoms with Gasteiger partial charge in [-0.15, -0.1) is 0 Å². The highest BCUT2D eigenvalue weighted by molar-refractivity contribution is 6.31. The third-order valence-electron chi connectivity index (χ3n) is 3.95. The first-order valence-electron chi connectivity index (χ1n) is 7.43. The molecule has 1 aromatic carbocycles. The molecule has 4 nitrogen and oxygen atoms in total. The maximum Gasteiger partial charge on any atom is 0.162 e. The Kier molecular flexibility index (Phi) is 4.02. The number of ether oxygens (including phenoxy) is 2. The van der Waals surface area contributed by atoms with Gasteiger partial charge in [0.1, 0.15) is 0 Å². The van der Waals surface area contributed by atoms with Gasteiger partial charge in [-0.05, 0) is 38.1 Å². The van der Waals surface area contributed by atoms with Crippen LogP contribution in [0.25, 0.3) is 10.9 Å². The van der Waals surface area contributed by atoms with Crippen molar-refractivity contribution < 1.29 is 9.47 Å². The SMILES string of the molecule is CC1(CNc2ccnc3cc(Cl)ccc23)COC(C)(C)OC1. The van der Waals surface area contributed by atoms with Gasteiger partial charge in [0, 0.05) is 34.3 Å². The molecule has 1 N–H and O–H groups in total. The molecule has 2 aromatic rings. The average Bonchev–Trinajstić information content (AvgIpc) is 2.48. The molecule has 118 valence electrons. The summed E-state index contributed by atoms with van der Waals surface area (Å²) >= 11 is 6.03. The first-order chi connectivity index (χ1) is 10.4. The molecule has 0 amide bonds. The summed E-state index contributed by atoms with van der Waals surface area (Å²) in [6.45, 7) is 8.16. The van der Waals surface area contributed by atoms with E-state index in [0.29, 0.717) is 18.2 Å². The molecule has 0 unspecified atom stereocenters. The van der Waals surface area contributed by atoms with Gasteiger partial charge in [-0.1, -0.05) is 18.5 Å². The number of benzene rings is 1. The third kappa shape index (κ3) is 3.35. The smallest absolute Gasteiger partial charge is 0.162 e. The van der Waals surface area contributed by atoms with Gasteiger partial charge in [-0.2, -0.15) is 0 Å². The van der Waals surface area contributed by atoms with E-state index in [4.69, 9.17) is 21.1 Å². The molecule has 1 aromatic heterocycles. The molecule has 5 heteroatoms. The Morgan fingerprint density at radius 1 is 1.18 bits per heavy atom. The van der Waals surface area contributed by atoms with Gasteiger partial charge < -0.3 is 14.8 Å². The largest absolute Gasteiger partial charge is 0.384 e. The maximum absolute atomic E-state index is 6.03. The molecule has 0 saturated carbocycles.